The highest BCUT2D eigenvalue weighted by atomic mass is 28.4. The lowest BCUT2D eigenvalue weighted by Gasteiger charge is -2.38. The van der Waals surface area contributed by atoms with Gasteiger partial charge in [-0.3, -0.25) is 0 Å². The second kappa shape index (κ2) is 5.26. The molecule has 2 nitrogen and oxygen atoms in total. The normalized spacial score (nSPS) is 17.3. The molecule has 0 aliphatic heterocycles. The summed E-state index contributed by atoms with van der Waals surface area (Å²) in [7, 11) is -1.66. The van der Waals surface area contributed by atoms with Crippen LogP contribution in [0.4, 0.5) is 0 Å². The molecular formula is C12H26O2Si. The largest absolute Gasteiger partial charge is 0.414 e. The van der Waals surface area contributed by atoms with Gasteiger partial charge in [0.1, 0.15) is 6.29 Å². The second-order valence-corrected chi connectivity index (χ2v) is 10.8. The Labute approximate surface area is 95.5 Å². The molecule has 0 amide bonds. The van der Waals surface area contributed by atoms with Crippen LogP contribution in [0.5, 0.6) is 0 Å². The molecule has 0 saturated heterocycles. The van der Waals surface area contributed by atoms with Crippen LogP contribution in [-0.4, -0.2) is 20.7 Å². The smallest absolute Gasteiger partial charge is 0.192 e. The third kappa shape index (κ3) is 4.93. The van der Waals surface area contributed by atoms with Crippen LogP contribution in [0.2, 0.25) is 18.1 Å². The lowest BCUT2D eigenvalue weighted by atomic mass is 10.1. The molecular weight excluding hydrogens is 204 g/mol. The minimum atomic E-state index is -1.66. The average Bonchev–Trinajstić information content (AvgIpc) is 2.00. The molecule has 0 heterocycles. The van der Waals surface area contributed by atoms with Gasteiger partial charge in [-0.05, 0) is 31.5 Å². The third-order valence-electron chi connectivity index (χ3n) is 3.24. The van der Waals surface area contributed by atoms with Crippen LogP contribution >= 0.6 is 0 Å². The van der Waals surface area contributed by atoms with Gasteiger partial charge in [0.25, 0.3) is 0 Å². The Morgan fingerprint density at radius 2 is 1.73 bits per heavy atom. The van der Waals surface area contributed by atoms with E-state index < -0.39 is 8.32 Å². The van der Waals surface area contributed by atoms with E-state index in [-0.39, 0.29) is 17.1 Å². The fraction of sp³-hybridized carbons (Fsp3) is 0.917. The monoisotopic (exact) mass is 230 g/mol. The molecule has 0 aromatic carbocycles. The van der Waals surface area contributed by atoms with Crippen LogP contribution in [0.1, 0.15) is 41.0 Å². The van der Waals surface area contributed by atoms with Gasteiger partial charge < -0.3 is 9.22 Å². The maximum atomic E-state index is 10.6. The Morgan fingerprint density at radius 3 is 2.07 bits per heavy atom. The molecule has 0 N–H and O–H groups in total. The van der Waals surface area contributed by atoms with E-state index in [0.717, 1.165) is 12.7 Å². The number of rotatable bonds is 5. The fourth-order valence-electron chi connectivity index (χ4n) is 1.31. The van der Waals surface area contributed by atoms with Gasteiger partial charge in [-0.15, -0.1) is 0 Å². The van der Waals surface area contributed by atoms with Gasteiger partial charge >= 0.3 is 0 Å². The zero-order valence-electron chi connectivity index (χ0n) is 11.3. The predicted octanol–water partition coefficient (Wildman–Crippen LogP) is 3.62. The average molecular weight is 230 g/mol. The molecule has 3 heteroatoms. The van der Waals surface area contributed by atoms with E-state index >= 15 is 0 Å². The van der Waals surface area contributed by atoms with Crippen molar-refractivity contribution in [2.24, 2.45) is 5.92 Å². The summed E-state index contributed by atoms with van der Waals surface area (Å²) in [4.78, 5) is 10.6. The summed E-state index contributed by atoms with van der Waals surface area (Å²) < 4.78 is 6.15. The Morgan fingerprint density at radius 1 is 1.27 bits per heavy atom. The van der Waals surface area contributed by atoms with E-state index in [9.17, 15) is 4.79 Å². The summed E-state index contributed by atoms with van der Waals surface area (Å²) in [6, 6.07) is 0. The lowest BCUT2D eigenvalue weighted by molar-refractivity contribution is -0.111. The van der Waals surface area contributed by atoms with Gasteiger partial charge in [0, 0.05) is 12.0 Å². The molecule has 0 aromatic rings. The minimum Gasteiger partial charge on any atom is -0.414 e. The summed E-state index contributed by atoms with van der Waals surface area (Å²) in [6.45, 7) is 15.2. The maximum Gasteiger partial charge on any atom is 0.192 e. The Kier molecular flexibility index (Phi) is 5.20. The summed E-state index contributed by atoms with van der Waals surface area (Å²) in [5, 5.41) is 0.242. The van der Waals surface area contributed by atoms with Crippen molar-refractivity contribution in [2.75, 3.05) is 0 Å². The quantitative estimate of drug-likeness (QED) is 0.532. The second-order valence-electron chi connectivity index (χ2n) is 6.04. The first-order chi connectivity index (χ1) is 6.60. The molecule has 0 aliphatic carbocycles. The first kappa shape index (κ1) is 14.8. The van der Waals surface area contributed by atoms with E-state index in [1.807, 2.05) is 6.92 Å². The molecule has 0 aliphatic rings. The van der Waals surface area contributed by atoms with Crippen LogP contribution < -0.4 is 0 Å². The first-order valence-electron chi connectivity index (χ1n) is 5.73. The summed E-state index contributed by atoms with van der Waals surface area (Å²) in [5.74, 6) is 0.102. The Balaban J connectivity index is 4.28. The summed E-state index contributed by atoms with van der Waals surface area (Å²) >= 11 is 0. The highest BCUT2D eigenvalue weighted by molar-refractivity contribution is 6.74. The van der Waals surface area contributed by atoms with E-state index in [1.54, 1.807) is 0 Å². The molecule has 0 bridgehead atoms. The van der Waals surface area contributed by atoms with Crippen molar-refractivity contribution < 1.29 is 9.22 Å². The zero-order chi connectivity index (χ0) is 12.3. The summed E-state index contributed by atoms with van der Waals surface area (Å²) in [6.07, 6.45) is 2.02. The SMILES string of the molecule is C[C@H](C[C@@H](C)C=O)O[Si](C)(C)C(C)(C)C. The van der Waals surface area contributed by atoms with Gasteiger partial charge in [0.15, 0.2) is 8.32 Å². The molecule has 0 radical (unpaired) electrons. The number of carbonyl (C=O) groups is 1. The molecule has 0 rings (SSSR count). The van der Waals surface area contributed by atoms with E-state index in [4.69, 9.17) is 4.43 Å². The van der Waals surface area contributed by atoms with Crippen LogP contribution in [0.25, 0.3) is 0 Å². The number of hydrogen-bond donors (Lipinski definition) is 0. The molecule has 0 spiro atoms. The van der Waals surface area contributed by atoms with Crippen molar-refractivity contribution in [2.45, 2.75) is 65.3 Å². The minimum absolute atomic E-state index is 0.102. The Hall–Kier alpha value is -0.153. The van der Waals surface area contributed by atoms with E-state index in [0.29, 0.717) is 0 Å². The summed E-state index contributed by atoms with van der Waals surface area (Å²) in [5.41, 5.74) is 0. The predicted molar refractivity (Wildman–Crippen MR) is 67.6 cm³/mol. The van der Waals surface area contributed by atoms with Crippen molar-refractivity contribution >= 4 is 14.6 Å². The van der Waals surface area contributed by atoms with Gasteiger partial charge in [-0.1, -0.05) is 27.7 Å². The maximum absolute atomic E-state index is 10.6. The van der Waals surface area contributed by atoms with Crippen LogP contribution in [-0.2, 0) is 9.22 Å². The van der Waals surface area contributed by atoms with Gasteiger partial charge in [0.2, 0.25) is 0 Å². The zero-order valence-corrected chi connectivity index (χ0v) is 12.3. The number of aldehydes is 1. The van der Waals surface area contributed by atoms with E-state index in [2.05, 4.69) is 40.8 Å². The molecule has 0 saturated carbocycles. The van der Waals surface area contributed by atoms with Crippen LogP contribution in [0, 0.1) is 5.92 Å². The highest BCUT2D eigenvalue weighted by Gasteiger charge is 2.38. The molecule has 0 aromatic heterocycles. The van der Waals surface area contributed by atoms with Crippen LogP contribution in [0.15, 0.2) is 0 Å². The van der Waals surface area contributed by atoms with Gasteiger partial charge in [-0.2, -0.15) is 0 Å². The van der Waals surface area contributed by atoms with Gasteiger partial charge in [0.05, 0.1) is 0 Å². The number of hydrogen-bond acceptors (Lipinski definition) is 2. The van der Waals surface area contributed by atoms with Crippen molar-refractivity contribution in [1.82, 2.24) is 0 Å². The van der Waals surface area contributed by atoms with Crippen LogP contribution in [0.3, 0.4) is 0 Å². The third-order valence-corrected chi connectivity index (χ3v) is 7.84. The molecule has 0 unspecified atom stereocenters. The molecule has 2 atom stereocenters. The Bertz CT molecular complexity index is 206. The first-order valence-corrected chi connectivity index (χ1v) is 8.64. The van der Waals surface area contributed by atoms with Crippen molar-refractivity contribution in [3.05, 3.63) is 0 Å². The lowest BCUT2D eigenvalue weighted by Crippen LogP contribution is -2.43. The topological polar surface area (TPSA) is 26.3 Å². The van der Waals surface area contributed by atoms with Crippen molar-refractivity contribution in [3.63, 3.8) is 0 Å². The fourth-order valence-corrected chi connectivity index (χ4v) is 2.76. The molecule has 15 heavy (non-hydrogen) atoms. The van der Waals surface area contributed by atoms with Gasteiger partial charge in [-0.25, -0.2) is 0 Å². The molecule has 90 valence electrons. The standard InChI is InChI=1S/C12H26O2Si/c1-10(9-13)8-11(2)14-15(6,7)12(3,4)5/h9-11H,8H2,1-7H3/t10-,11-/m1/s1. The van der Waals surface area contributed by atoms with Crippen molar-refractivity contribution in [1.29, 1.82) is 0 Å². The van der Waals surface area contributed by atoms with Crippen molar-refractivity contribution in [3.8, 4) is 0 Å². The molecule has 0 fully saturated rings. The highest BCUT2D eigenvalue weighted by Crippen LogP contribution is 2.37. The van der Waals surface area contributed by atoms with E-state index in [1.165, 1.54) is 0 Å². The number of carbonyl (C=O) groups excluding carboxylic acids is 1.